The van der Waals surface area contributed by atoms with Crippen molar-refractivity contribution in [2.24, 2.45) is 0 Å². The van der Waals surface area contributed by atoms with E-state index < -0.39 is 17.7 Å². The van der Waals surface area contributed by atoms with Gasteiger partial charge in [-0.15, -0.1) is 0 Å². The third-order valence-corrected chi connectivity index (χ3v) is 4.77. The molecule has 1 fully saturated rings. The van der Waals surface area contributed by atoms with Gasteiger partial charge in [-0.2, -0.15) is 0 Å². The fraction of sp³-hybridized carbons (Fsp3) is 0.130. The van der Waals surface area contributed by atoms with Gasteiger partial charge in [0.2, 0.25) is 5.95 Å². The number of amides is 1. The van der Waals surface area contributed by atoms with E-state index in [-0.39, 0.29) is 17.3 Å². The topological polar surface area (TPSA) is 92.6 Å². The van der Waals surface area contributed by atoms with Crippen molar-refractivity contribution in [2.75, 3.05) is 11.5 Å². The third-order valence-electron chi connectivity index (χ3n) is 4.77. The quantitative estimate of drug-likeness (QED) is 0.400. The zero-order valence-electron chi connectivity index (χ0n) is 16.2. The summed E-state index contributed by atoms with van der Waals surface area (Å²) in [4.78, 5) is 35.4. The second kappa shape index (κ2) is 8.16. The van der Waals surface area contributed by atoms with Gasteiger partial charge in [0.15, 0.2) is 0 Å². The van der Waals surface area contributed by atoms with E-state index in [0.717, 1.165) is 0 Å². The number of Topliss-reactive ketones (excluding diaryl/α,β-unsaturated/α-hetero) is 1. The molecule has 1 atom stereocenters. The number of hydrogen-bond donors (Lipinski definition) is 1. The van der Waals surface area contributed by atoms with Crippen molar-refractivity contribution in [3.8, 4) is 5.75 Å². The van der Waals surface area contributed by atoms with Crippen molar-refractivity contribution in [1.82, 2.24) is 9.97 Å². The first-order valence-corrected chi connectivity index (χ1v) is 9.48. The molecule has 7 nitrogen and oxygen atoms in total. The average molecular weight is 401 g/mol. The number of aliphatic hydroxyl groups is 1. The average Bonchev–Trinajstić information content (AvgIpc) is 3.06. The maximum Gasteiger partial charge on any atom is 0.302 e. The van der Waals surface area contributed by atoms with Crippen molar-refractivity contribution < 1.29 is 19.4 Å². The molecule has 1 N–H and O–H groups in total. The molecule has 1 aliphatic heterocycles. The fourth-order valence-corrected chi connectivity index (χ4v) is 3.44. The van der Waals surface area contributed by atoms with Crippen LogP contribution in [-0.2, 0) is 9.59 Å². The molecule has 0 unspecified atom stereocenters. The van der Waals surface area contributed by atoms with Crippen molar-refractivity contribution in [3.05, 3.63) is 89.8 Å². The molecular weight excluding hydrogens is 382 g/mol. The predicted octanol–water partition coefficient (Wildman–Crippen LogP) is 3.50. The van der Waals surface area contributed by atoms with Gasteiger partial charge in [-0.05, 0) is 42.8 Å². The summed E-state index contributed by atoms with van der Waals surface area (Å²) in [5.74, 6) is -1.10. The van der Waals surface area contributed by atoms with Gasteiger partial charge in [-0.3, -0.25) is 14.5 Å². The highest BCUT2D eigenvalue weighted by atomic mass is 16.5. The maximum absolute atomic E-state index is 13.0. The molecule has 7 heteroatoms. The van der Waals surface area contributed by atoms with Crippen LogP contribution in [0.3, 0.4) is 0 Å². The van der Waals surface area contributed by atoms with Crippen molar-refractivity contribution in [2.45, 2.75) is 13.0 Å². The number of aliphatic hydroxyl groups excluding tert-OH is 1. The summed E-state index contributed by atoms with van der Waals surface area (Å²) in [5.41, 5.74) is 1.06. The Morgan fingerprint density at radius 1 is 1.00 bits per heavy atom. The van der Waals surface area contributed by atoms with E-state index in [2.05, 4.69) is 9.97 Å². The number of hydrogen-bond acceptors (Lipinski definition) is 6. The number of benzene rings is 2. The Hall–Kier alpha value is -4.00. The minimum atomic E-state index is -0.847. The lowest BCUT2D eigenvalue weighted by atomic mass is 9.95. The van der Waals surface area contributed by atoms with Gasteiger partial charge >= 0.3 is 5.91 Å². The first-order valence-electron chi connectivity index (χ1n) is 9.48. The second-order valence-corrected chi connectivity index (χ2v) is 6.59. The smallest absolute Gasteiger partial charge is 0.302 e. The van der Waals surface area contributed by atoms with Gasteiger partial charge in [0.25, 0.3) is 5.78 Å². The normalized spacial score (nSPS) is 17.9. The Bertz CT molecular complexity index is 1100. The molecule has 2 aromatic carbocycles. The van der Waals surface area contributed by atoms with Gasteiger partial charge in [0.05, 0.1) is 18.2 Å². The highest BCUT2D eigenvalue weighted by molar-refractivity contribution is 6.51. The maximum atomic E-state index is 13.0. The number of anilines is 1. The van der Waals surface area contributed by atoms with E-state index in [4.69, 9.17) is 4.74 Å². The Labute approximate surface area is 173 Å². The van der Waals surface area contributed by atoms with E-state index in [1.54, 1.807) is 54.6 Å². The molecule has 0 radical (unpaired) electrons. The first-order chi connectivity index (χ1) is 14.6. The molecule has 3 aromatic rings. The predicted molar refractivity (Wildman–Crippen MR) is 111 cm³/mol. The van der Waals surface area contributed by atoms with Gasteiger partial charge < -0.3 is 9.84 Å². The third kappa shape index (κ3) is 3.41. The molecule has 0 aliphatic carbocycles. The van der Waals surface area contributed by atoms with Gasteiger partial charge in [0, 0.05) is 18.0 Å². The Balaban J connectivity index is 1.87. The standard InChI is InChI=1S/C23H19N3O4/c1-2-30-17-11-9-16(10-12-17)20(27)18-19(15-7-4-3-5-8-15)26(22(29)21(18)28)23-24-13-6-14-25-23/h3-14,19,27H,2H2,1H3/t19-/m0/s1. The molecular formula is C23H19N3O4. The number of aromatic nitrogens is 2. The van der Waals surface area contributed by atoms with Crippen molar-refractivity contribution in [1.29, 1.82) is 0 Å². The highest BCUT2D eigenvalue weighted by Crippen LogP contribution is 2.40. The molecule has 2 heterocycles. The summed E-state index contributed by atoms with van der Waals surface area (Å²) < 4.78 is 5.43. The molecule has 0 saturated carbocycles. The minimum Gasteiger partial charge on any atom is -0.507 e. The molecule has 150 valence electrons. The second-order valence-electron chi connectivity index (χ2n) is 6.59. The van der Waals surface area contributed by atoms with Gasteiger partial charge in [0.1, 0.15) is 11.5 Å². The van der Waals surface area contributed by atoms with Crippen LogP contribution in [0, 0.1) is 0 Å². The summed E-state index contributed by atoms with van der Waals surface area (Å²) in [6.45, 7) is 2.39. The van der Waals surface area contributed by atoms with Crippen molar-refractivity contribution >= 4 is 23.4 Å². The molecule has 1 saturated heterocycles. The summed E-state index contributed by atoms with van der Waals surface area (Å²) >= 11 is 0. The Kier molecular flexibility index (Phi) is 5.26. The lowest BCUT2D eigenvalue weighted by molar-refractivity contribution is -0.132. The number of ketones is 1. The molecule has 4 rings (SSSR count). The lowest BCUT2D eigenvalue weighted by Gasteiger charge is -2.23. The number of nitrogens with zero attached hydrogens (tertiary/aromatic N) is 3. The van der Waals surface area contributed by atoms with Crippen LogP contribution in [0.2, 0.25) is 0 Å². The van der Waals surface area contributed by atoms with E-state index in [0.29, 0.717) is 23.5 Å². The molecule has 0 spiro atoms. The monoisotopic (exact) mass is 401 g/mol. The molecule has 0 bridgehead atoms. The Morgan fingerprint density at radius 3 is 2.30 bits per heavy atom. The summed E-state index contributed by atoms with van der Waals surface area (Å²) in [7, 11) is 0. The molecule has 1 aromatic heterocycles. The van der Waals surface area contributed by atoms with Gasteiger partial charge in [-0.1, -0.05) is 30.3 Å². The number of carbonyl (C=O) groups excluding carboxylic acids is 2. The van der Waals surface area contributed by atoms with Crippen LogP contribution in [0.1, 0.15) is 24.1 Å². The zero-order chi connectivity index (χ0) is 21.1. The van der Waals surface area contributed by atoms with Crippen molar-refractivity contribution in [3.63, 3.8) is 0 Å². The van der Waals surface area contributed by atoms with Crippen LogP contribution in [-0.4, -0.2) is 33.4 Å². The fourth-order valence-electron chi connectivity index (χ4n) is 3.44. The number of carbonyl (C=O) groups is 2. The van der Waals surface area contributed by atoms with Crippen LogP contribution in [0.25, 0.3) is 5.76 Å². The zero-order valence-corrected chi connectivity index (χ0v) is 16.2. The van der Waals surface area contributed by atoms with E-state index in [9.17, 15) is 14.7 Å². The van der Waals surface area contributed by atoms with Gasteiger partial charge in [-0.25, -0.2) is 9.97 Å². The molecule has 30 heavy (non-hydrogen) atoms. The Morgan fingerprint density at radius 2 is 1.67 bits per heavy atom. The number of ether oxygens (including phenoxy) is 1. The highest BCUT2D eigenvalue weighted by Gasteiger charge is 2.48. The summed E-state index contributed by atoms with van der Waals surface area (Å²) in [5, 5.41) is 11.0. The molecule has 1 aliphatic rings. The number of rotatable bonds is 5. The van der Waals surface area contributed by atoms with Crippen LogP contribution >= 0.6 is 0 Å². The van der Waals surface area contributed by atoms with E-state index in [1.165, 1.54) is 17.3 Å². The van der Waals surface area contributed by atoms with E-state index in [1.807, 2.05) is 13.0 Å². The summed E-state index contributed by atoms with van der Waals surface area (Å²) in [6.07, 6.45) is 2.99. The van der Waals surface area contributed by atoms with Crippen LogP contribution in [0.5, 0.6) is 5.75 Å². The van der Waals surface area contributed by atoms with Crippen LogP contribution in [0.15, 0.2) is 78.6 Å². The molecule has 1 amide bonds. The summed E-state index contributed by atoms with van der Waals surface area (Å²) in [6, 6.07) is 16.5. The SMILES string of the molecule is CCOc1ccc(C(O)=C2C(=O)C(=O)N(c3ncccn3)[C@H]2c2ccccc2)cc1. The van der Waals surface area contributed by atoms with E-state index >= 15 is 0 Å². The lowest BCUT2D eigenvalue weighted by Crippen LogP contribution is -2.31. The van der Waals surface area contributed by atoms with Crippen LogP contribution < -0.4 is 9.64 Å². The first kappa shape index (κ1) is 19.3. The largest absolute Gasteiger partial charge is 0.507 e. The minimum absolute atomic E-state index is 0.0113. The van der Waals surface area contributed by atoms with Crippen LogP contribution in [0.4, 0.5) is 5.95 Å².